The molecule has 0 fully saturated rings. The maximum absolute atomic E-state index is 11.0. The van der Waals surface area contributed by atoms with E-state index >= 15 is 0 Å². The lowest BCUT2D eigenvalue weighted by Gasteiger charge is -2.09. The van der Waals surface area contributed by atoms with Crippen molar-refractivity contribution in [1.82, 2.24) is 0 Å². The maximum atomic E-state index is 11.0. The molecule has 0 radical (unpaired) electrons. The molecule has 1 aromatic rings. The van der Waals surface area contributed by atoms with Gasteiger partial charge in [0.2, 0.25) is 5.75 Å². The molecule has 0 unspecified atom stereocenters. The zero-order chi connectivity index (χ0) is 11.3. The predicted molar refractivity (Wildman–Crippen MR) is 55.2 cm³/mol. The van der Waals surface area contributed by atoms with Gasteiger partial charge in [0.05, 0.1) is 6.61 Å². The van der Waals surface area contributed by atoms with Gasteiger partial charge in [0.25, 0.3) is 0 Å². The van der Waals surface area contributed by atoms with Gasteiger partial charge in [-0.1, -0.05) is 13.0 Å². The molecule has 0 saturated carbocycles. The number of rotatable bonds is 4. The van der Waals surface area contributed by atoms with E-state index in [1.54, 1.807) is 19.1 Å². The molecule has 4 heteroatoms. The minimum atomic E-state index is -0.390. The summed E-state index contributed by atoms with van der Waals surface area (Å²) in [7, 11) is 0. The Morgan fingerprint density at radius 2 is 2.00 bits per heavy atom. The van der Waals surface area contributed by atoms with Crippen molar-refractivity contribution in [3.05, 3.63) is 18.2 Å². The summed E-state index contributed by atoms with van der Waals surface area (Å²) in [6.45, 7) is 3.94. The second-order valence-corrected chi connectivity index (χ2v) is 2.86. The van der Waals surface area contributed by atoms with Gasteiger partial charge in [-0.25, -0.2) is 0 Å². The zero-order valence-corrected chi connectivity index (χ0v) is 8.82. The Hall–Kier alpha value is -1.71. The van der Waals surface area contributed by atoms with E-state index in [1.807, 2.05) is 6.92 Å². The summed E-state index contributed by atoms with van der Waals surface area (Å²) in [5.74, 6) is -0.0770. The number of carbonyl (C=O) groups is 1. The van der Waals surface area contributed by atoms with Crippen LogP contribution in [0.5, 0.6) is 17.2 Å². The summed E-state index contributed by atoms with van der Waals surface area (Å²) in [5.41, 5.74) is 0. The van der Waals surface area contributed by atoms with Gasteiger partial charge < -0.3 is 14.6 Å². The van der Waals surface area contributed by atoms with Crippen LogP contribution in [0.25, 0.3) is 0 Å². The molecule has 1 rings (SSSR count). The Morgan fingerprint density at radius 1 is 1.33 bits per heavy atom. The van der Waals surface area contributed by atoms with Crippen molar-refractivity contribution < 1.29 is 19.4 Å². The van der Waals surface area contributed by atoms with Crippen molar-refractivity contribution in [3.63, 3.8) is 0 Å². The van der Waals surface area contributed by atoms with Crippen LogP contribution < -0.4 is 9.47 Å². The quantitative estimate of drug-likeness (QED) is 0.610. The van der Waals surface area contributed by atoms with Gasteiger partial charge in [-0.3, -0.25) is 4.79 Å². The van der Waals surface area contributed by atoms with E-state index in [4.69, 9.17) is 9.47 Å². The number of ether oxygens (including phenoxy) is 2. The molecule has 0 saturated heterocycles. The van der Waals surface area contributed by atoms with Gasteiger partial charge in [-0.05, 0) is 19.1 Å². The van der Waals surface area contributed by atoms with Gasteiger partial charge in [0, 0.05) is 6.42 Å². The average molecular weight is 210 g/mol. The van der Waals surface area contributed by atoms with Gasteiger partial charge in [0.15, 0.2) is 11.5 Å². The number of hydrogen-bond acceptors (Lipinski definition) is 4. The summed E-state index contributed by atoms with van der Waals surface area (Å²) in [5, 5.41) is 9.66. The second kappa shape index (κ2) is 5.24. The molecule has 0 atom stereocenters. The van der Waals surface area contributed by atoms with E-state index in [9.17, 15) is 9.90 Å². The Balaban J connectivity index is 2.88. The summed E-state index contributed by atoms with van der Waals surface area (Å²) < 4.78 is 10.1. The zero-order valence-electron chi connectivity index (χ0n) is 8.82. The molecule has 0 aliphatic carbocycles. The lowest BCUT2D eigenvalue weighted by molar-refractivity contribution is -0.134. The van der Waals surface area contributed by atoms with E-state index in [2.05, 4.69) is 0 Å². The summed E-state index contributed by atoms with van der Waals surface area (Å²) in [6, 6.07) is 4.79. The lowest BCUT2D eigenvalue weighted by atomic mass is 10.3. The fourth-order valence-electron chi connectivity index (χ4n) is 1.05. The van der Waals surface area contributed by atoms with Crippen molar-refractivity contribution in [2.45, 2.75) is 20.3 Å². The van der Waals surface area contributed by atoms with E-state index < -0.39 is 0 Å². The normalized spacial score (nSPS) is 9.73. The Bertz CT molecular complexity index is 346. The van der Waals surface area contributed by atoms with E-state index in [0.717, 1.165) is 0 Å². The van der Waals surface area contributed by atoms with Crippen LogP contribution >= 0.6 is 0 Å². The van der Waals surface area contributed by atoms with Crippen molar-refractivity contribution >= 4 is 5.97 Å². The first-order valence-electron chi connectivity index (χ1n) is 4.84. The monoisotopic (exact) mass is 210 g/mol. The summed E-state index contributed by atoms with van der Waals surface area (Å²) >= 11 is 0. The summed E-state index contributed by atoms with van der Waals surface area (Å²) in [6.07, 6.45) is 0.262. The van der Waals surface area contributed by atoms with Crippen LogP contribution in [-0.2, 0) is 4.79 Å². The maximum Gasteiger partial charge on any atom is 0.311 e. The molecule has 0 aromatic heterocycles. The molecular weight excluding hydrogens is 196 g/mol. The van der Waals surface area contributed by atoms with Crippen molar-refractivity contribution in [2.24, 2.45) is 0 Å². The smallest absolute Gasteiger partial charge is 0.311 e. The molecule has 82 valence electrons. The van der Waals surface area contributed by atoms with E-state index in [-0.39, 0.29) is 23.9 Å². The molecular formula is C11H14O4. The third kappa shape index (κ3) is 2.87. The van der Waals surface area contributed by atoms with Crippen molar-refractivity contribution in [3.8, 4) is 17.2 Å². The number of phenolic OH excluding ortho intramolecular Hbond substituents is 1. The minimum Gasteiger partial charge on any atom is -0.502 e. The molecule has 1 aromatic carbocycles. The Labute approximate surface area is 88.4 Å². The predicted octanol–water partition coefficient (Wildman–Crippen LogP) is 2.11. The molecule has 0 aliphatic rings. The first-order valence-corrected chi connectivity index (χ1v) is 4.84. The van der Waals surface area contributed by atoms with Crippen LogP contribution in [0.1, 0.15) is 20.3 Å². The molecule has 0 bridgehead atoms. The largest absolute Gasteiger partial charge is 0.502 e. The van der Waals surface area contributed by atoms with Crippen LogP contribution in [0, 0.1) is 0 Å². The number of aromatic hydroxyl groups is 1. The van der Waals surface area contributed by atoms with E-state index in [1.165, 1.54) is 6.07 Å². The number of hydrogen-bond donors (Lipinski definition) is 1. The molecule has 0 heterocycles. The highest BCUT2D eigenvalue weighted by Gasteiger charge is 2.11. The van der Waals surface area contributed by atoms with E-state index in [0.29, 0.717) is 12.4 Å². The van der Waals surface area contributed by atoms with Crippen LogP contribution in [0.4, 0.5) is 0 Å². The fraction of sp³-hybridized carbons (Fsp3) is 0.364. The van der Waals surface area contributed by atoms with Crippen molar-refractivity contribution in [2.75, 3.05) is 6.61 Å². The van der Waals surface area contributed by atoms with Crippen LogP contribution in [0.15, 0.2) is 18.2 Å². The van der Waals surface area contributed by atoms with Crippen LogP contribution in [0.2, 0.25) is 0 Å². The van der Waals surface area contributed by atoms with Crippen molar-refractivity contribution in [1.29, 1.82) is 0 Å². The SMILES string of the molecule is CCOc1cccc(OC(=O)CC)c1O. The highest BCUT2D eigenvalue weighted by atomic mass is 16.5. The average Bonchev–Trinajstić information content (AvgIpc) is 2.24. The molecule has 0 aliphatic heterocycles. The third-order valence-electron chi connectivity index (χ3n) is 1.77. The molecule has 15 heavy (non-hydrogen) atoms. The molecule has 0 spiro atoms. The van der Waals surface area contributed by atoms with Crippen LogP contribution in [-0.4, -0.2) is 17.7 Å². The first-order chi connectivity index (χ1) is 7.19. The molecule has 1 N–H and O–H groups in total. The highest BCUT2D eigenvalue weighted by Crippen LogP contribution is 2.35. The standard InChI is InChI=1S/C11H14O4/c1-3-10(12)15-9-7-5-6-8(11(9)13)14-4-2/h5-7,13H,3-4H2,1-2H3. The van der Waals surface area contributed by atoms with Gasteiger partial charge >= 0.3 is 5.97 Å². The topological polar surface area (TPSA) is 55.8 Å². The molecule has 4 nitrogen and oxygen atoms in total. The Morgan fingerprint density at radius 3 is 2.60 bits per heavy atom. The first kappa shape index (κ1) is 11.4. The van der Waals surface area contributed by atoms with Gasteiger partial charge in [-0.2, -0.15) is 0 Å². The number of carbonyl (C=O) groups excluding carboxylic acids is 1. The Kier molecular flexibility index (Phi) is 3.97. The minimum absolute atomic E-state index is 0.132. The number of phenols is 1. The second-order valence-electron chi connectivity index (χ2n) is 2.86. The van der Waals surface area contributed by atoms with Gasteiger partial charge in [0.1, 0.15) is 0 Å². The summed E-state index contributed by atoms with van der Waals surface area (Å²) in [4.78, 5) is 11.0. The number of benzene rings is 1. The third-order valence-corrected chi connectivity index (χ3v) is 1.77. The highest BCUT2D eigenvalue weighted by molar-refractivity contribution is 5.73. The number of esters is 1. The van der Waals surface area contributed by atoms with Crippen LogP contribution in [0.3, 0.4) is 0 Å². The van der Waals surface area contributed by atoms with Gasteiger partial charge in [-0.15, -0.1) is 0 Å². The fourth-order valence-corrected chi connectivity index (χ4v) is 1.05. The molecule has 0 amide bonds. The number of para-hydroxylation sites is 1. The lowest BCUT2D eigenvalue weighted by Crippen LogP contribution is -2.06.